The minimum atomic E-state index is -0.185. The average Bonchev–Trinajstić information content (AvgIpc) is 0.832. The maximum atomic E-state index is 10.1. The van der Waals surface area contributed by atoms with Crippen LogP contribution in [0.15, 0.2) is 194 Å². The van der Waals surface area contributed by atoms with E-state index in [0.29, 0.717) is 80.9 Å². The van der Waals surface area contributed by atoms with Crippen LogP contribution in [-0.4, -0.2) is 168 Å². The monoisotopic (exact) mass is 1380 g/mol. The highest BCUT2D eigenvalue weighted by Crippen LogP contribution is 2.40. The van der Waals surface area contributed by atoms with Gasteiger partial charge in [0.15, 0.2) is 0 Å². The second-order valence-corrected chi connectivity index (χ2v) is 26.2. The van der Waals surface area contributed by atoms with Crippen LogP contribution in [0.2, 0.25) is 10.0 Å². The standard InChI is InChI=1S/C29H34ClNO3.C29H35ClO4.C24H36N2O4/c30-26-12-8-23(9-13-26)29(24-10-14-27(15-11-24)31(16-18-32)17-19-33)22-6-4-21(5-7-22)25-2-1-3-28(34)20-25;30-28-11-9-27(10-12-28)29(25-5-1-21(2-6-25)23(13-17-31)14-18-32)26-7-3-22(4-8-26)24(15-19-33)16-20-34;1-2-3-24(20-4-8-22(9-5-20)25(12-16-27)13-17-28)21-6-10-23(11-7-21)26(14-18-29)15-19-30/h4-15,25,28-29,32-34H,1-3,16-20H2;1-12,23-24,29,31-34H,13-20H2;4-11,24,27-30H,2-3,12-19H2,1H3. The van der Waals surface area contributed by atoms with Gasteiger partial charge in [0.05, 0.1) is 45.7 Å². The molecule has 0 saturated heterocycles. The van der Waals surface area contributed by atoms with Crippen LogP contribution in [0.25, 0.3) is 0 Å². The molecule has 11 N–H and O–H groups in total. The van der Waals surface area contributed by atoms with Crippen molar-refractivity contribution in [2.75, 3.05) is 120 Å². The highest BCUT2D eigenvalue weighted by atomic mass is 35.5. The largest absolute Gasteiger partial charge is 0.396 e. The third-order valence-electron chi connectivity index (χ3n) is 18.9. The van der Waals surface area contributed by atoms with Gasteiger partial charge in [-0.2, -0.15) is 0 Å². The Balaban J connectivity index is 0.000000208. The highest BCUT2D eigenvalue weighted by Gasteiger charge is 2.25. The maximum absolute atomic E-state index is 10.1. The van der Waals surface area contributed by atoms with Crippen LogP contribution in [0.5, 0.6) is 0 Å². The molecule has 8 aromatic carbocycles. The molecular formula is C82H105Cl2N3O11. The van der Waals surface area contributed by atoms with Crippen molar-refractivity contribution in [3.05, 3.63) is 265 Å². The van der Waals surface area contributed by atoms with E-state index in [-0.39, 0.29) is 102 Å². The molecule has 528 valence electrons. The summed E-state index contributed by atoms with van der Waals surface area (Å²) in [4.78, 5) is 5.93. The first-order valence-electron chi connectivity index (χ1n) is 35.0. The first-order valence-corrected chi connectivity index (χ1v) is 35.8. The second-order valence-electron chi connectivity index (χ2n) is 25.3. The third kappa shape index (κ3) is 23.5. The summed E-state index contributed by atoms with van der Waals surface area (Å²) in [6.45, 7) is 5.82. The Morgan fingerprint density at radius 1 is 0.327 bits per heavy atom. The van der Waals surface area contributed by atoms with Crippen molar-refractivity contribution in [3.63, 3.8) is 0 Å². The van der Waals surface area contributed by atoms with Gasteiger partial charge in [-0.05, 0) is 191 Å². The van der Waals surface area contributed by atoms with E-state index in [1.54, 1.807) is 0 Å². The zero-order valence-electron chi connectivity index (χ0n) is 56.9. The van der Waals surface area contributed by atoms with E-state index >= 15 is 0 Å². The van der Waals surface area contributed by atoms with Crippen LogP contribution >= 0.6 is 23.2 Å². The lowest BCUT2D eigenvalue weighted by atomic mass is 9.80. The number of anilines is 3. The van der Waals surface area contributed by atoms with E-state index in [1.807, 2.05) is 39.0 Å². The zero-order chi connectivity index (χ0) is 70.0. The van der Waals surface area contributed by atoms with E-state index in [4.69, 9.17) is 23.2 Å². The van der Waals surface area contributed by atoms with Crippen LogP contribution in [-0.2, 0) is 0 Å². The van der Waals surface area contributed by atoms with Gasteiger partial charge in [0.1, 0.15) is 0 Å². The first-order chi connectivity index (χ1) is 47.9. The quantitative estimate of drug-likeness (QED) is 0.0164. The van der Waals surface area contributed by atoms with Gasteiger partial charge in [-0.15, -0.1) is 0 Å². The molecule has 0 bridgehead atoms. The normalized spacial score (nSPS) is 14.1. The highest BCUT2D eigenvalue weighted by molar-refractivity contribution is 6.30. The number of nitrogens with zero attached hydrogens (tertiary/aromatic N) is 3. The lowest BCUT2D eigenvalue weighted by Crippen LogP contribution is -2.29. The summed E-state index contributed by atoms with van der Waals surface area (Å²) >= 11 is 12.3. The number of hydrogen-bond donors (Lipinski definition) is 11. The Morgan fingerprint density at radius 3 is 0.867 bits per heavy atom. The van der Waals surface area contributed by atoms with Gasteiger partial charge in [-0.3, -0.25) is 0 Å². The number of halogens is 2. The minimum absolute atomic E-state index is 0.0173. The van der Waals surface area contributed by atoms with Crippen LogP contribution in [0.3, 0.4) is 0 Å². The summed E-state index contributed by atoms with van der Waals surface area (Å²) < 4.78 is 0. The molecule has 3 unspecified atom stereocenters. The van der Waals surface area contributed by atoms with Crippen LogP contribution < -0.4 is 14.7 Å². The molecule has 0 radical (unpaired) electrons. The summed E-state index contributed by atoms with van der Waals surface area (Å²) in [7, 11) is 0. The Bertz CT molecular complexity index is 3070. The molecule has 1 fully saturated rings. The third-order valence-corrected chi connectivity index (χ3v) is 19.4. The number of aliphatic hydroxyl groups excluding tert-OH is 11. The van der Waals surface area contributed by atoms with E-state index in [1.165, 1.54) is 33.4 Å². The molecule has 8 aromatic rings. The van der Waals surface area contributed by atoms with Gasteiger partial charge in [0.25, 0.3) is 0 Å². The molecule has 1 aliphatic carbocycles. The van der Waals surface area contributed by atoms with Gasteiger partial charge in [0.2, 0.25) is 0 Å². The fraction of sp³-hybridized carbons (Fsp3) is 0.415. The van der Waals surface area contributed by atoms with E-state index in [9.17, 15) is 56.2 Å². The molecule has 1 saturated carbocycles. The molecule has 9 rings (SSSR count). The minimum Gasteiger partial charge on any atom is -0.396 e. The molecule has 0 aromatic heterocycles. The summed E-state index contributed by atoms with van der Waals surface area (Å²) in [5.41, 5.74) is 16.0. The smallest absolute Gasteiger partial charge is 0.0606 e. The molecule has 98 heavy (non-hydrogen) atoms. The lowest BCUT2D eigenvalue weighted by Gasteiger charge is -2.27. The second kappa shape index (κ2) is 43.1. The predicted molar refractivity (Wildman–Crippen MR) is 399 cm³/mol. The van der Waals surface area contributed by atoms with Crippen molar-refractivity contribution >= 4 is 40.3 Å². The fourth-order valence-electron chi connectivity index (χ4n) is 13.8. The van der Waals surface area contributed by atoms with Crippen molar-refractivity contribution in [3.8, 4) is 0 Å². The van der Waals surface area contributed by atoms with Crippen molar-refractivity contribution in [1.29, 1.82) is 0 Å². The van der Waals surface area contributed by atoms with Crippen LogP contribution in [0, 0.1) is 0 Å². The van der Waals surface area contributed by atoms with Crippen LogP contribution in [0.1, 0.15) is 168 Å². The SMILES string of the molecule is CCCC(c1ccc(N(CCO)CCO)cc1)c1ccc(N(CCO)CCO)cc1.OCCC(CCO)c1ccc(C(c2ccc(Cl)cc2)c2ccc(C(CCO)CCO)cc2)cc1.OCCN(CCO)c1ccc(C(c2ccc(Cl)cc2)c2ccc(C3CCCC(O)C3)cc2)cc1. The van der Waals surface area contributed by atoms with Crippen LogP contribution in [0.4, 0.5) is 17.1 Å². The van der Waals surface area contributed by atoms with Crippen molar-refractivity contribution in [2.45, 2.75) is 113 Å². The first kappa shape index (κ1) is 78.6. The topological polar surface area (TPSA) is 232 Å². The average molecular weight is 1380 g/mol. The molecule has 3 atom stereocenters. The molecular weight excluding hydrogens is 1270 g/mol. The van der Waals surface area contributed by atoms with E-state index in [0.717, 1.165) is 83.4 Å². The van der Waals surface area contributed by atoms with Crippen molar-refractivity contribution in [2.24, 2.45) is 0 Å². The molecule has 0 amide bonds. The Labute approximate surface area is 591 Å². The van der Waals surface area contributed by atoms with Gasteiger partial charge in [0, 0.05) is 111 Å². The predicted octanol–water partition coefficient (Wildman–Crippen LogP) is 12.7. The molecule has 0 aliphatic heterocycles. The molecule has 0 spiro atoms. The summed E-state index contributed by atoms with van der Waals surface area (Å²) in [5, 5.41) is 105. The maximum Gasteiger partial charge on any atom is 0.0606 e. The van der Waals surface area contributed by atoms with Gasteiger partial charge < -0.3 is 70.9 Å². The summed E-state index contributed by atoms with van der Waals surface area (Å²) in [5.74, 6) is 1.05. The number of benzene rings is 8. The Hall–Kier alpha value is -6.70. The fourth-order valence-corrected chi connectivity index (χ4v) is 14.0. The van der Waals surface area contributed by atoms with E-state index < -0.39 is 0 Å². The summed E-state index contributed by atoms with van der Waals surface area (Å²) in [6, 6.07) is 66.9. The molecule has 16 heteroatoms. The van der Waals surface area contributed by atoms with Crippen molar-refractivity contribution in [1.82, 2.24) is 0 Å². The Kier molecular flexibility index (Phi) is 34.6. The van der Waals surface area contributed by atoms with Gasteiger partial charge in [-0.25, -0.2) is 0 Å². The molecule has 14 nitrogen and oxygen atoms in total. The number of hydrogen-bond acceptors (Lipinski definition) is 14. The molecule has 0 heterocycles. The summed E-state index contributed by atoms with van der Waals surface area (Å²) in [6.07, 6.45) is 8.41. The Morgan fingerprint density at radius 2 is 0.592 bits per heavy atom. The zero-order valence-corrected chi connectivity index (χ0v) is 58.4. The number of rotatable bonds is 36. The van der Waals surface area contributed by atoms with Gasteiger partial charge >= 0.3 is 0 Å². The van der Waals surface area contributed by atoms with Gasteiger partial charge in [-0.1, -0.05) is 176 Å². The molecule has 1 aliphatic rings. The van der Waals surface area contributed by atoms with E-state index in [2.05, 4.69) is 177 Å². The lowest BCUT2D eigenvalue weighted by molar-refractivity contribution is 0.119. The van der Waals surface area contributed by atoms with Crippen molar-refractivity contribution < 1.29 is 56.2 Å². The number of aliphatic hydroxyl groups is 11.